The number of hydrogen-bond acceptors (Lipinski definition) is 4. The zero-order valence-electron chi connectivity index (χ0n) is 9.69. The SMILES string of the molecule is CCc1cnc(CNC(=O)N[C@H](C)C(=O)O)o1. The van der Waals surface area contributed by atoms with E-state index in [-0.39, 0.29) is 6.54 Å². The van der Waals surface area contributed by atoms with E-state index in [9.17, 15) is 9.59 Å². The Morgan fingerprint density at radius 1 is 1.59 bits per heavy atom. The maximum atomic E-state index is 11.3. The molecule has 17 heavy (non-hydrogen) atoms. The Kier molecular flexibility index (Phi) is 4.50. The van der Waals surface area contributed by atoms with Gasteiger partial charge in [0.15, 0.2) is 0 Å². The second kappa shape index (κ2) is 5.88. The van der Waals surface area contributed by atoms with Crippen LogP contribution >= 0.6 is 0 Å². The van der Waals surface area contributed by atoms with Crippen molar-refractivity contribution in [3.63, 3.8) is 0 Å². The van der Waals surface area contributed by atoms with Crippen LogP contribution in [0.25, 0.3) is 0 Å². The fourth-order valence-corrected chi connectivity index (χ4v) is 1.06. The van der Waals surface area contributed by atoms with E-state index < -0.39 is 18.0 Å². The lowest BCUT2D eigenvalue weighted by Crippen LogP contribution is -2.44. The van der Waals surface area contributed by atoms with E-state index in [1.807, 2.05) is 6.92 Å². The zero-order valence-corrected chi connectivity index (χ0v) is 9.69. The number of aliphatic carboxylic acids is 1. The van der Waals surface area contributed by atoms with E-state index in [4.69, 9.17) is 9.52 Å². The van der Waals surface area contributed by atoms with E-state index in [1.165, 1.54) is 6.92 Å². The number of rotatable bonds is 5. The van der Waals surface area contributed by atoms with Crippen LogP contribution in [0.3, 0.4) is 0 Å². The predicted molar refractivity (Wildman–Crippen MR) is 58.4 cm³/mol. The predicted octanol–water partition coefficient (Wildman–Crippen LogP) is 0.509. The summed E-state index contributed by atoms with van der Waals surface area (Å²) in [5, 5.41) is 13.3. The molecule has 0 aliphatic rings. The normalized spacial score (nSPS) is 11.9. The van der Waals surface area contributed by atoms with Crippen LogP contribution in [0.1, 0.15) is 25.5 Å². The molecule has 0 bridgehead atoms. The van der Waals surface area contributed by atoms with Crippen molar-refractivity contribution < 1.29 is 19.1 Å². The minimum Gasteiger partial charge on any atom is -0.480 e. The third kappa shape index (κ3) is 4.13. The number of aromatic nitrogens is 1. The first kappa shape index (κ1) is 13.0. The average Bonchev–Trinajstić information content (AvgIpc) is 2.74. The number of nitrogens with one attached hydrogen (secondary N) is 2. The number of amides is 2. The van der Waals surface area contributed by atoms with Crippen LogP contribution in [-0.2, 0) is 17.8 Å². The second-order valence-electron chi connectivity index (χ2n) is 3.46. The summed E-state index contributed by atoms with van der Waals surface area (Å²) in [5.74, 6) is 0.0330. The topological polar surface area (TPSA) is 104 Å². The first-order valence-electron chi connectivity index (χ1n) is 5.23. The molecule has 0 unspecified atom stereocenters. The third-order valence-electron chi connectivity index (χ3n) is 2.07. The van der Waals surface area contributed by atoms with Gasteiger partial charge >= 0.3 is 12.0 Å². The Hall–Kier alpha value is -2.05. The van der Waals surface area contributed by atoms with E-state index in [0.29, 0.717) is 5.89 Å². The lowest BCUT2D eigenvalue weighted by atomic mass is 10.3. The number of carbonyl (C=O) groups excluding carboxylic acids is 1. The van der Waals surface area contributed by atoms with Crippen molar-refractivity contribution in [1.82, 2.24) is 15.6 Å². The number of carboxylic acids is 1. The van der Waals surface area contributed by atoms with Gasteiger partial charge in [0.2, 0.25) is 5.89 Å². The van der Waals surface area contributed by atoms with Gasteiger partial charge in [-0.25, -0.2) is 9.78 Å². The summed E-state index contributed by atoms with van der Waals surface area (Å²) < 4.78 is 5.27. The van der Waals surface area contributed by atoms with Crippen LogP contribution in [0.15, 0.2) is 10.6 Å². The zero-order chi connectivity index (χ0) is 12.8. The maximum Gasteiger partial charge on any atom is 0.325 e. The van der Waals surface area contributed by atoms with Crippen LogP contribution in [0.4, 0.5) is 4.79 Å². The number of carboxylic acid groups (broad SMARTS) is 1. The summed E-state index contributed by atoms with van der Waals surface area (Å²) in [6.45, 7) is 3.43. The van der Waals surface area contributed by atoms with Crippen LogP contribution in [0, 0.1) is 0 Å². The number of hydrogen-bond donors (Lipinski definition) is 3. The van der Waals surface area contributed by atoms with E-state index in [0.717, 1.165) is 12.2 Å². The molecule has 2 amide bonds. The average molecular weight is 241 g/mol. The Morgan fingerprint density at radius 3 is 2.82 bits per heavy atom. The quantitative estimate of drug-likeness (QED) is 0.696. The van der Waals surface area contributed by atoms with Gasteiger partial charge in [-0.1, -0.05) is 6.92 Å². The standard InChI is InChI=1S/C10H15N3O4/c1-3-7-4-11-8(17-7)5-12-10(16)13-6(2)9(14)15/h4,6H,3,5H2,1-2H3,(H,14,15)(H2,12,13,16)/t6-/m1/s1. The molecule has 7 nitrogen and oxygen atoms in total. The van der Waals surface area contributed by atoms with Crippen molar-refractivity contribution in [2.24, 2.45) is 0 Å². The third-order valence-corrected chi connectivity index (χ3v) is 2.07. The summed E-state index contributed by atoms with van der Waals surface area (Å²) in [6, 6.07) is -1.51. The highest BCUT2D eigenvalue weighted by molar-refractivity contribution is 5.81. The van der Waals surface area contributed by atoms with Gasteiger partial charge < -0.3 is 20.2 Å². The van der Waals surface area contributed by atoms with Crippen LogP contribution in [-0.4, -0.2) is 28.1 Å². The number of carbonyl (C=O) groups is 2. The number of urea groups is 1. The number of oxazole rings is 1. The van der Waals surface area contributed by atoms with Crippen molar-refractivity contribution in [1.29, 1.82) is 0 Å². The molecule has 1 aromatic heterocycles. The molecular weight excluding hydrogens is 226 g/mol. The molecule has 0 aliphatic carbocycles. The Morgan fingerprint density at radius 2 is 2.29 bits per heavy atom. The Labute approximate surface area is 98.2 Å². The lowest BCUT2D eigenvalue weighted by molar-refractivity contribution is -0.138. The second-order valence-corrected chi connectivity index (χ2v) is 3.46. The van der Waals surface area contributed by atoms with E-state index in [2.05, 4.69) is 15.6 Å². The molecule has 0 saturated carbocycles. The van der Waals surface area contributed by atoms with Crippen molar-refractivity contribution in [3.05, 3.63) is 17.8 Å². The molecule has 0 saturated heterocycles. The smallest absolute Gasteiger partial charge is 0.325 e. The molecule has 0 spiro atoms. The Balaban J connectivity index is 2.35. The van der Waals surface area contributed by atoms with Crippen molar-refractivity contribution >= 4 is 12.0 Å². The van der Waals surface area contributed by atoms with Crippen LogP contribution in [0.5, 0.6) is 0 Å². The van der Waals surface area contributed by atoms with E-state index >= 15 is 0 Å². The van der Waals surface area contributed by atoms with Crippen LogP contribution in [0.2, 0.25) is 0 Å². The minimum absolute atomic E-state index is 0.123. The summed E-state index contributed by atoms with van der Waals surface area (Å²) >= 11 is 0. The molecule has 1 rings (SSSR count). The first-order valence-corrected chi connectivity index (χ1v) is 5.23. The fraction of sp³-hybridized carbons (Fsp3) is 0.500. The largest absolute Gasteiger partial charge is 0.480 e. The van der Waals surface area contributed by atoms with Crippen LogP contribution < -0.4 is 10.6 Å². The molecule has 94 valence electrons. The molecule has 1 aromatic rings. The molecule has 7 heteroatoms. The molecule has 3 N–H and O–H groups in total. The number of aryl methyl sites for hydroxylation is 1. The van der Waals surface area contributed by atoms with Gasteiger partial charge in [0.05, 0.1) is 12.7 Å². The molecule has 0 radical (unpaired) electrons. The molecular formula is C10H15N3O4. The number of nitrogens with zero attached hydrogens (tertiary/aromatic N) is 1. The van der Waals surface area contributed by atoms with Gasteiger partial charge in [0, 0.05) is 6.42 Å². The van der Waals surface area contributed by atoms with Gasteiger partial charge in [0.1, 0.15) is 11.8 Å². The molecule has 1 heterocycles. The maximum absolute atomic E-state index is 11.3. The Bertz CT molecular complexity index is 402. The van der Waals surface area contributed by atoms with Gasteiger partial charge in [-0.2, -0.15) is 0 Å². The summed E-state index contributed by atoms with van der Waals surface area (Å²) in [5.41, 5.74) is 0. The van der Waals surface area contributed by atoms with E-state index in [1.54, 1.807) is 6.20 Å². The van der Waals surface area contributed by atoms with Crippen molar-refractivity contribution in [2.75, 3.05) is 0 Å². The molecule has 1 atom stereocenters. The van der Waals surface area contributed by atoms with Gasteiger partial charge in [-0.05, 0) is 6.92 Å². The van der Waals surface area contributed by atoms with Crippen molar-refractivity contribution in [3.8, 4) is 0 Å². The lowest BCUT2D eigenvalue weighted by Gasteiger charge is -2.09. The molecule has 0 aliphatic heterocycles. The van der Waals surface area contributed by atoms with Gasteiger partial charge in [-0.15, -0.1) is 0 Å². The summed E-state index contributed by atoms with van der Waals surface area (Å²) in [6.07, 6.45) is 2.32. The highest BCUT2D eigenvalue weighted by Crippen LogP contribution is 2.03. The van der Waals surface area contributed by atoms with Gasteiger partial charge in [0.25, 0.3) is 0 Å². The highest BCUT2D eigenvalue weighted by atomic mass is 16.4. The highest BCUT2D eigenvalue weighted by Gasteiger charge is 2.13. The summed E-state index contributed by atoms with van der Waals surface area (Å²) in [4.78, 5) is 25.7. The van der Waals surface area contributed by atoms with Crippen molar-refractivity contribution in [2.45, 2.75) is 32.9 Å². The van der Waals surface area contributed by atoms with Gasteiger partial charge in [-0.3, -0.25) is 4.79 Å². The summed E-state index contributed by atoms with van der Waals surface area (Å²) in [7, 11) is 0. The molecule has 0 fully saturated rings. The fourth-order valence-electron chi connectivity index (χ4n) is 1.06. The monoisotopic (exact) mass is 241 g/mol. The molecule has 0 aromatic carbocycles. The minimum atomic E-state index is -1.09. The first-order chi connectivity index (χ1) is 8.02.